The van der Waals surface area contributed by atoms with Crippen LogP contribution in [0.3, 0.4) is 0 Å². The molecule has 0 aromatic rings. The van der Waals surface area contributed by atoms with Crippen LogP contribution >= 0.6 is 0 Å². The summed E-state index contributed by atoms with van der Waals surface area (Å²) in [5, 5.41) is 9.82. The number of nitrogens with zero attached hydrogens (tertiary/aromatic N) is 2. The topological polar surface area (TPSA) is 35.9 Å². The Morgan fingerprint density at radius 2 is 1.78 bits per heavy atom. The van der Waals surface area contributed by atoms with Gasteiger partial charge in [0.2, 0.25) is 0 Å². The summed E-state index contributed by atoms with van der Waals surface area (Å²) in [5.41, 5.74) is -0.575. The van der Waals surface area contributed by atoms with Gasteiger partial charge in [0.15, 0.2) is 0 Å². The predicted molar refractivity (Wildman–Crippen MR) is 72.8 cm³/mol. The molecule has 2 aliphatic heterocycles. The van der Waals surface area contributed by atoms with Crippen molar-refractivity contribution in [2.75, 3.05) is 45.9 Å². The largest absolute Gasteiger partial charge is 0.389 e. The molecule has 2 aliphatic rings. The highest BCUT2D eigenvalue weighted by Crippen LogP contribution is 2.15. The van der Waals surface area contributed by atoms with E-state index in [4.69, 9.17) is 4.74 Å². The third kappa shape index (κ3) is 4.84. The van der Waals surface area contributed by atoms with E-state index in [1.807, 2.05) is 13.8 Å². The molecule has 2 rings (SSSR count). The third-order valence-corrected chi connectivity index (χ3v) is 3.81. The number of piperazine rings is 1. The van der Waals surface area contributed by atoms with Crippen molar-refractivity contribution in [1.82, 2.24) is 9.80 Å². The van der Waals surface area contributed by atoms with Crippen molar-refractivity contribution in [3.05, 3.63) is 0 Å². The van der Waals surface area contributed by atoms with E-state index in [1.165, 1.54) is 19.3 Å². The van der Waals surface area contributed by atoms with Crippen LogP contribution in [0.4, 0.5) is 0 Å². The highest BCUT2D eigenvalue weighted by molar-refractivity contribution is 4.79. The lowest BCUT2D eigenvalue weighted by atomic mass is 10.1. The van der Waals surface area contributed by atoms with Crippen molar-refractivity contribution in [2.45, 2.75) is 44.8 Å². The molecule has 4 nitrogen and oxygen atoms in total. The molecule has 0 spiro atoms. The lowest BCUT2D eigenvalue weighted by Gasteiger charge is -2.39. The van der Waals surface area contributed by atoms with Gasteiger partial charge in [-0.3, -0.25) is 9.80 Å². The second kappa shape index (κ2) is 6.33. The zero-order valence-corrected chi connectivity index (χ0v) is 11.9. The van der Waals surface area contributed by atoms with E-state index in [0.29, 0.717) is 6.10 Å². The fourth-order valence-corrected chi connectivity index (χ4v) is 2.92. The van der Waals surface area contributed by atoms with E-state index >= 15 is 0 Å². The molecule has 1 N–H and O–H groups in total. The second-order valence-electron chi connectivity index (χ2n) is 6.38. The van der Waals surface area contributed by atoms with Crippen LogP contribution in [0.25, 0.3) is 0 Å². The van der Waals surface area contributed by atoms with Crippen LogP contribution in [0.1, 0.15) is 33.1 Å². The molecule has 106 valence electrons. The SMILES string of the molecule is CC(C)(O)CN1CCN(CC2CCCCO2)CC1. The number of ether oxygens (including phenoxy) is 1. The number of hydrogen-bond acceptors (Lipinski definition) is 4. The molecule has 0 bridgehead atoms. The van der Waals surface area contributed by atoms with Gasteiger partial charge in [-0.05, 0) is 33.1 Å². The number of aliphatic hydroxyl groups is 1. The lowest BCUT2D eigenvalue weighted by Crippen LogP contribution is -2.52. The molecule has 0 radical (unpaired) electrons. The maximum atomic E-state index is 9.82. The van der Waals surface area contributed by atoms with Crippen molar-refractivity contribution in [2.24, 2.45) is 0 Å². The van der Waals surface area contributed by atoms with E-state index in [1.54, 1.807) is 0 Å². The minimum Gasteiger partial charge on any atom is -0.389 e. The van der Waals surface area contributed by atoms with Gasteiger partial charge < -0.3 is 9.84 Å². The Labute approximate surface area is 111 Å². The van der Waals surface area contributed by atoms with Gasteiger partial charge in [-0.15, -0.1) is 0 Å². The summed E-state index contributed by atoms with van der Waals surface area (Å²) >= 11 is 0. The smallest absolute Gasteiger partial charge is 0.0718 e. The first-order valence-electron chi connectivity index (χ1n) is 7.32. The van der Waals surface area contributed by atoms with Crippen molar-refractivity contribution in [3.63, 3.8) is 0 Å². The van der Waals surface area contributed by atoms with Gasteiger partial charge in [-0.25, -0.2) is 0 Å². The minimum atomic E-state index is -0.575. The maximum absolute atomic E-state index is 9.82. The van der Waals surface area contributed by atoms with Crippen LogP contribution in [0.5, 0.6) is 0 Å². The van der Waals surface area contributed by atoms with Gasteiger partial charge in [0.1, 0.15) is 0 Å². The Bertz CT molecular complexity index is 239. The summed E-state index contributed by atoms with van der Waals surface area (Å²) in [6.07, 6.45) is 4.24. The minimum absolute atomic E-state index is 0.458. The van der Waals surface area contributed by atoms with E-state index in [0.717, 1.165) is 45.9 Å². The number of β-amino-alcohol motifs (C(OH)–C–C–N with tert-alkyl or cyclic N) is 1. The fraction of sp³-hybridized carbons (Fsp3) is 1.00. The predicted octanol–water partition coefficient (Wildman–Crippen LogP) is 0.944. The monoisotopic (exact) mass is 256 g/mol. The van der Waals surface area contributed by atoms with E-state index in [-0.39, 0.29) is 0 Å². The van der Waals surface area contributed by atoms with Crippen molar-refractivity contribution in [3.8, 4) is 0 Å². The molecule has 4 heteroatoms. The Morgan fingerprint density at radius 3 is 2.33 bits per heavy atom. The third-order valence-electron chi connectivity index (χ3n) is 3.81. The highest BCUT2D eigenvalue weighted by Gasteiger charge is 2.24. The highest BCUT2D eigenvalue weighted by atomic mass is 16.5. The molecule has 0 aromatic carbocycles. The molecule has 2 saturated heterocycles. The summed E-state index contributed by atoms with van der Waals surface area (Å²) in [7, 11) is 0. The molecule has 1 atom stereocenters. The normalized spacial score (nSPS) is 28.5. The average molecular weight is 256 g/mol. The summed E-state index contributed by atoms with van der Waals surface area (Å²) < 4.78 is 5.79. The number of hydrogen-bond donors (Lipinski definition) is 1. The fourth-order valence-electron chi connectivity index (χ4n) is 2.92. The molecule has 0 amide bonds. The molecule has 2 fully saturated rings. The van der Waals surface area contributed by atoms with E-state index in [2.05, 4.69) is 9.80 Å². The Balaban J connectivity index is 1.66. The Hall–Kier alpha value is -0.160. The van der Waals surface area contributed by atoms with E-state index in [9.17, 15) is 5.11 Å². The molecular weight excluding hydrogens is 228 g/mol. The standard InChI is InChI=1S/C14H28N2O2/c1-14(2,17)12-16-8-6-15(7-9-16)11-13-5-3-4-10-18-13/h13,17H,3-12H2,1-2H3. The summed E-state index contributed by atoms with van der Waals surface area (Å²) in [6, 6.07) is 0. The van der Waals surface area contributed by atoms with Gasteiger partial charge >= 0.3 is 0 Å². The zero-order chi connectivity index (χ0) is 13.0. The van der Waals surface area contributed by atoms with Gasteiger partial charge in [0.25, 0.3) is 0 Å². The van der Waals surface area contributed by atoms with Crippen LogP contribution in [-0.2, 0) is 4.74 Å². The van der Waals surface area contributed by atoms with Crippen LogP contribution in [0.15, 0.2) is 0 Å². The van der Waals surface area contributed by atoms with Gasteiger partial charge in [0, 0.05) is 45.9 Å². The van der Waals surface area contributed by atoms with Gasteiger partial charge in [-0.2, -0.15) is 0 Å². The van der Waals surface area contributed by atoms with Gasteiger partial charge in [-0.1, -0.05) is 0 Å². The van der Waals surface area contributed by atoms with Crippen molar-refractivity contribution < 1.29 is 9.84 Å². The molecule has 1 unspecified atom stereocenters. The molecule has 18 heavy (non-hydrogen) atoms. The molecule has 0 saturated carbocycles. The molecule has 0 aliphatic carbocycles. The first kappa shape index (κ1) is 14.3. The van der Waals surface area contributed by atoms with Crippen LogP contribution in [-0.4, -0.2) is 72.5 Å². The van der Waals surface area contributed by atoms with Gasteiger partial charge in [0.05, 0.1) is 11.7 Å². The Morgan fingerprint density at radius 1 is 1.11 bits per heavy atom. The Kier molecular flexibility index (Phi) is 5.01. The molecule has 2 heterocycles. The van der Waals surface area contributed by atoms with Crippen molar-refractivity contribution >= 4 is 0 Å². The van der Waals surface area contributed by atoms with Crippen LogP contribution in [0.2, 0.25) is 0 Å². The second-order valence-corrected chi connectivity index (χ2v) is 6.38. The first-order chi connectivity index (χ1) is 8.53. The summed E-state index contributed by atoms with van der Waals surface area (Å²) in [5.74, 6) is 0. The maximum Gasteiger partial charge on any atom is 0.0718 e. The molecular formula is C14H28N2O2. The molecule has 0 aromatic heterocycles. The summed E-state index contributed by atoms with van der Waals surface area (Å²) in [6.45, 7) is 10.9. The number of rotatable bonds is 4. The van der Waals surface area contributed by atoms with Crippen LogP contribution < -0.4 is 0 Å². The van der Waals surface area contributed by atoms with Crippen LogP contribution in [0, 0.1) is 0 Å². The van der Waals surface area contributed by atoms with Crippen molar-refractivity contribution in [1.29, 1.82) is 0 Å². The summed E-state index contributed by atoms with van der Waals surface area (Å²) in [4.78, 5) is 4.87. The zero-order valence-electron chi connectivity index (χ0n) is 11.9. The lowest BCUT2D eigenvalue weighted by molar-refractivity contribution is -0.0229. The first-order valence-corrected chi connectivity index (χ1v) is 7.32. The average Bonchev–Trinajstić information content (AvgIpc) is 2.31. The van der Waals surface area contributed by atoms with E-state index < -0.39 is 5.60 Å². The quantitative estimate of drug-likeness (QED) is 0.812.